The first kappa shape index (κ1) is 15.9. The molecule has 0 amide bonds. The van der Waals surface area contributed by atoms with E-state index < -0.39 is 0 Å². The Hall–Kier alpha value is -0.480. The largest absolute Gasteiger partial charge is 0.315 e. The maximum atomic E-state index is 4.50. The molecule has 1 atom stereocenters. The van der Waals surface area contributed by atoms with Crippen LogP contribution in [-0.2, 0) is 6.42 Å². The van der Waals surface area contributed by atoms with Crippen molar-refractivity contribution in [3.63, 3.8) is 0 Å². The summed E-state index contributed by atoms with van der Waals surface area (Å²) in [6.45, 7) is 10.2. The first-order chi connectivity index (χ1) is 9.49. The first-order valence-electron chi connectivity index (χ1n) is 8.05. The summed E-state index contributed by atoms with van der Waals surface area (Å²) in [5, 5.41) is 14.9. The van der Waals surface area contributed by atoms with Crippen molar-refractivity contribution in [2.45, 2.75) is 78.2 Å². The van der Waals surface area contributed by atoms with E-state index in [2.05, 4.69) is 43.2 Å². The molecule has 1 fully saturated rings. The predicted molar refractivity (Wildman–Crippen MR) is 86.4 cm³/mol. The number of aromatic nitrogens is 2. The van der Waals surface area contributed by atoms with Crippen LogP contribution in [0.25, 0.3) is 0 Å². The average Bonchev–Trinajstić information content (AvgIpc) is 2.82. The van der Waals surface area contributed by atoms with Crippen LogP contribution >= 0.6 is 11.3 Å². The van der Waals surface area contributed by atoms with Gasteiger partial charge in [0.1, 0.15) is 10.0 Å². The lowest BCUT2D eigenvalue weighted by molar-refractivity contribution is 0.198. The number of hydrogen-bond acceptors (Lipinski definition) is 4. The molecule has 1 unspecified atom stereocenters. The van der Waals surface area contributed by atoms with Crippen molar-refractivity contribution in [2.24, 2.45) is 5.41 Å². The van der Waals surface area contributed by atoms with Gasteiger partial charge in [-0.25, -0.2) is 0 Å². The minimum absolute atomic E-state index is 0.397. The van der Waals surface area contributed by atoms with Crippen molar-refractivity contribution in [1.82, 2.24) is 15.5 Å². The molecular formula is C16H29N3S. The van der Waals surface area contributed by atoms with Crippen LogP contribution in [0, 0.1) is 5.41 Å². The topological polar surface area (TPSA) is 37.8 Å². The standard InChI is InChI=1S/C16H29N3S/c1-12(2)17-11-7-9-14-18-19-15(20-14)13-8-5-6-10-16(13,3)4/h12-13,17H,5-11H2,1-4H3. The van der Waals surface area contributed by atoms with E-state index in [1.54, 1.807) is 0 Å². The van der Waals surface area contributed by atoms with Gasteiger partial charge in [-0.05, 0) is 31.2 Å². The van der Waals surface area contributed by atoms with E-state index in [4.69, 9.17) is 0 Å². The maximum absolute atomic E-state index is 4.50. The van der Waals surface area contributed by atoms with E-state index in [-0.39, 0.29) is 0 Å². The van der Waals surface area contributed by atoms with Gasteiger partial charge in [0.15, 0.2) is 0 Å². The van der Waals surface area contributed by atoms with Crippen molar-refractivity contribution >= 4 is 11.3 Å². The Labute approximate surface area is 127 Å². The lowest BCUT2D eigenvalue weighted by Crippen LogP contribution is -2.25. The molecule has 0 radical (unpaired) electrons. The number of aryl methyl sites for hydroxylation is 1. The third-order valence-corrected chi connectivity index (χ3v) is 5.50. The summed E-state index contributed by atoms with van der Waals surface area (Å²) < 4.78 is 0. The monoisotopic (exact) mass is 295 g/mol. The Kier molecular flexibility index (Phi) is 5.56. The molecule has 1 N–H and O–H groups in total. The van der Waals surface area contributed by atoms with Crippen LogP contribution in [0.1, 0.15) is 75.7 Å². The molecule has 1 saturated carbocycles. The molecule has 1 aliphatic carbocycles. The molecule has 0 aliphatic heterocycles. The smallest absolute Gasteiger partial charge is 0.121 e. The molecule has 3 nitrogen and oxygen atoms in total. The molecule has 1 heterocycles. The molecule has 1 aromatic rings. The Bertz CT molecular complexity index is 412. The number of rotatable bonds is 6. The summed E-state index contributed by atoms with van der Waals surface area (Å²) >= 11 is 1.85. The van der Waals surface area contributed by atoms with Crippen LogP contribution in [-0.4, -0.2) is 22.8 Å². The van der Waals surface area contributed by atoms with E-state index in [1.165, 1.54) is 35.7 Å². The van der Waals surface area contributed by atoms with Crippen LogP contribution in [0.2, 0.25) is 0 Å². The van der Waals surface area contributed by atoms with Crippen LogP contribution in [0.3, 0.4) is 0 Å². The van der Waals surface area contributed by atoms with E-state index in [1.807, 2.05) is 11.3 Å². The van der Waals surface area contributed by atoms with E-state index >= 15 is 0 Å². The van der Waals surface area contributed by atoms with Gasteiger partial charge < -0.3 is 5.32 Å². The molecule has 2 rings (SSSR count). The molecule has 4 heteroatoms. The third kappa shape index (κ3) is 4.26. The highest BCUT2D eigenvalue weighted by atomic mass is 32.1. The lowest BCUT2D eigenvalue weighted by atomic mass is 9.69. The van der Waals surface area contributed by atoms with Crippen molar-refractivity contribution in [2.75, 3.05) is 6.54 Å². The van der Waals surface area contributed by atoms with Gasteiger partial charge in [0.05, 0.1) is 0 Å². The molecule has 20 heavy (non-hydrogen) atoms. The van der Waals surface area contributed by atoms with Gasteiger partial charge in [-0.3, -0.25) is 0 Å². The lowest BCUT2D eigenvalue weighted by Gasteiger charge is -2.37. The SMILES string of the molecule is CC(C)NCCCc1nnc(C2CCCCC2(C)C)s1. The van der Waals surface area contributed by atoms with E-state index in [9.17, 15) is 0 Å². The molecule has 114 valence electrons. The van der Waals surface area contributed by atoms with Gasteiger partial charge in [-0.2, -0.15) is 0 Å². The third-order valence-electron chi connectivity index (χ3n) is 4.41. The maximum Gasteiger partial charge on any atom is 0.121 e. The highest BCUT2D eigenvalue weighted by Gasteiger charge is 2.35. The van der Waals surface area contributed by atoms with Gasteiger partial charge in [-0.15, -0.1) is 21.5 Å². The highest BCUT2D eigenvalue weighted by molar-refractivity contribution is 7.11. The summed E-state index contributed by atoms with van der Waals surface area (Å²) in [4.78, 5) is 0. The van der Waals surface area contributed by atoms with Gasteiger partial charge in [0.2, 0.25) is 0 Å². The number of nitrogens with zero attached hydrogens (tertiary/aromatic N) is 2. The predicted octanol–water partition coefficient (Wildman–Crippen LogP) is 4.15. The number of hydrogen-bond donors (Lipinski definition) is 1. The molecule has 1 aliphatic rings. The second kappa shape index (κ2) is 6.99. The van der Waals surface area contributed by atoms with E-state index in [0.717, 1.165) is 19.4 Å². The van der Waals surface area contributed by atoms with Gasteiger partial charge >= 0.3 is 0 Å². The summed E-state index contributed by atoms with van der Waals surface area (Å²) in [6.07, 6.45) is 7.55. The summed E-state index contributed by atoms with van der Waals surface area (Å²) in [7, 11) is 0. The van der Waals surface area contributed by atoms with Crippen molar-refractivity contribution in [3.8, 4) is 0 Å². The molecule has 1 aromatic heterocycles. The molecule has 0 saturated heterocycles. The van der Waals surface area contributed by atoms with Crippen molar-refractivity contribution in [1.29, 1.82) is 0 Å². The zero-order valence-electron chi connectivity index (χ0n) is 13.4. The molecule has 0 bridgehead atoms. The minimum atomic E-state index is 0.397. The van der Waals surface area contributed by atoms with Crippen LogP contribution < -0.4 is 5.32 Å². The Morgan fingerprint density at radius 2 is 2.10 bits per heavy atom. The first-order valence-corrected chi connectivity index (χ1v) is 8.86. The van der Waals surface area contributed by atoms with Crippen LogP contribution in [0.4, 0.5) is 0 Å². The Morgan fingerprint density at radius 3 is 2.80 bits per heavy atom. The van der Waals surface area contributed by atoms with Gasteiger partial charge in [-0.1, -0.05) is 40.5 Å². The quantitative estimate of drug-likeness (QED) is 0.801. The van der Waals surface area contributed by atoms with Gasteiger partial charge in [0.25, 0.3) is 0 Å². The van der Waals surface area contributed by atoms with Crippen LogP contribution in [0.5, 0.6) is 0 Å². The molecular weight excluding hydrogens is 266 g/mol. The number of nitrogens with one attached hydrogen (secondary N) is 1. The van der Waals surface area contributed by atoms with E-state index in [0.29, 0.717) is 17.4 Å². The van der Waals surface area contributed by atoms with Gasteiger partial charge in [0, 0.05) is 18.4 Å². The zero-order valence-corrected chi connectivity index (χ0v) is 14.2. The second-order valence-corrected chi connectivity index (χ2v) is 8.13. The zero-order chi connectivity index (χ0) is 14.6. The summed E-state index contributed by atoms with van der Waals surface area (Å²) in [5.74, 6) is 0.622. The second-order valence-electron chi connectivity index (χ2n) is 7.03. The summed E-state index contributed by atoms with van der Waals surface area (Å²) in [5.41, 5.74) is 0.397. The molecule has 0 spiro atoms. The summed E-state index contributed by atoms with van der Waals surface area (Å²) in [6, 6.07) is 0.572. The highest BCUT2D eigenvalue weighted by Crippen LogP contribution is 2.47. The molecule has 0 aromatic carbocycles. The fraction of sp³-hybridized carbons (Fsp3) is 0.875. The average molecular weight is 295 g/mol. The normalized spacial score (nSPS) is 22.4. The fourth-order valence-electron chi connectivity index (χ4n) is 3.09. The van der Waals surface area contributed by atoms with Crippen LogP contribution in [0.15, 0.2) is 0 Å². The van der Waals surface area contributed by atoms with Crippen molar-refractivity contribution in [3.05, 3.63) is 10.0 Å². The minimum Gasteiger partial charge on any atom is -0.315 e. The Balaban J connectivity index is 1.88. The Morgan fingerprint density at radius 1 is 1.30 bits per heavy atom. The van der Waals surface area contributed by atoms with Crippen molar-refractivity contribution < 1.29 is 0 Å². The fourth-order valence-corrected chi connectivity index (χ4v) is 4.32.